The summed E-state index contributed by atoms with van der Waals surface area (Å²) in [5, 5.41) is 10.4. The molecule has 3 N–H and O–H groups in total. The van der Waals surface area contributed by atoms with Crippen LogP contribution in [0, 0.1) is 0 Å². The van der Waals surface area contributed by atoms with Gasteiger partial charge < -0.3 is 15.3 Å². The Balaban J connectivity index is 1.85. The summed E-state index contributed by atoms with van der Waals surface area (Å²) in [4.78, 5) is 36.6. The topological polar surface area (TPSA) is 114 Å². The number of halogens is 2. The SMILES string of the molecule is NC(=O)CCC(C(=O)O)N1C(=O)/C(=C\c2ccc(-c3cc(Cl)ccc3Cl)o2)SC1=S. The Hall–Kier alpha value is -2.33. The molecule has 0 radical (unpaired) electrons. The molecule has 156 valence electrons. The Morgan fingerprint density at radius 1 is 1.30 bits per heavy atom. The number of amides is 2. The Morgan fingerprint density at radius 2 is 2.03 bits per heavy atom. The Morgan fingerprint density at radius 3 is 2.70 bits per heavy atom. The van der Waals surface area contributed by atoms with E-state index >= 15 is 0 Å². The number of nitrogens with two attached hydrogens (primary N) is 1. The van der Waals surface area contributed by atoms with Crippen molar-refractivity contribution in [3.05, 3.63) is 51.0 Å². The highest BCUT2D eigenvalue weighted by Gasteiger charge is 2.40. The van der Waals surface area contributed by atoms with E-state index in [4.69, 9.17) is 45.6 Å². The van der Waals surface area contributed by atoms with Gasteiger partial charge in [0.2, 0.25) is 5.91 Å². The third-order valence-corrected chi connectivity index (χ3v) is 6.07. The van der Waals surface area contributed by atoms with Crippen LogP contribution < -0.4 is 5.73 Å². The molecule has 0 aliphatic carbocycles. The summed E-state index contributed by atoms with van der Waals surface area (Å²) in [5.41, 5.74) is 5.69. The quantitative estimate of drug-likeness (QED) is 0.447. The van der Waals surface area contributed by atoms with Gasteiger partial charge in [-0.05, 0) is 36.8 Å². The summed E-state index contributed by atoms with van der Waals surface area (Å²) in [5.74, 6) is -1.71. The minimum atomic E-state index is -1.28. The average molecular weight is 485 g/mol. The highest BCUT2D eigenvalue weighted by molar-refractivity contribution is 8.26. The maximum absolute atomic E-state index is 12.8. The molecule has 1 aromatic heterocycles. The number of primary amides is 1. The monoisotopic (exact) mass is 484 g/mol. The molecular weight excluding hydrogens is 471 g/mol. The number of furan rings is 1. The largest absolute Gasteiger partial charge is 0.480 e. The number of thiocarbonyl (C=S) groups is 1. The van der Waals surface area contributed by atoms with E-state index in [0.717, 1.165) is 16.7 Å². The number of carbonyl (C=O) groups is 3. The molecule has 2 heterocycles. The van der Waals surface area contributed by atoms with Crippen molar-refractivity contribution in [3.63, 3.8) is 0 Å². The lowest BCUT2D eigenvalue weighted by atomic mass is 10.1. The molecule has 1 atom stereocenters. The summed E-state index contributed by atoms with van der Waals surface area (Å²) in [6.07, 6.45) is 1.14. The molecular formula is C19H14Cl2N2O5S2. The highest BCUT2D eigenvalue weighted by Crippen LogP contribution is 2.37. The first-order valence-electron chi connectivity index (χ1n) is 8.51. The average Bonchev–Trinajstić information content (AvgIpc) is 3.23. The lowest BCUT2D eigenvalue weighted by Gasteiger charge is -2.22. The van der Waals surface area contributed by atoms with Crippen LogP contribution in [-0.4, -0.2) is 38.2 Å². The maximum Gasteiger partial charge on any atom is 0.326 e. The van der Waals surface area contributed by atoms with Crippen molar-refractivity contribution >= 4 is 75.4 Å². The molecule has 1 aromatic carbocycles. The number of carboxylic acids is 1. The van der Waals surface area contributed by atoms with E-state index in [1.165, 1.54) is 6.08 Å². The zero-order chi connectivity index (χ0) is 22.0. The van der Waals surface area contributed by atoms with Gasteiger partial charge >= 0.3 is 5.97 Å². The van der Waals surface area contributed by atoms with E-state index in [-0.39, 0.29) is 22.1 Å². The van der Waals surface area contributed by atoms with Crippen LogP contribution in [0.4, 0.5) is 0 Å². The fraction of sp³-hybridized carbons (Fsp3) is 0.158. The van der Waals surface area contributed by atoms with Gasteiger partial charge in [-0.3, -0.25) is 14.5 Å². The standard InChI is InChI=1S/C19H14Cl2N2O5S2/c20-9-1-3-12(21)11(7-9)14-5-2-10(28-14)8-15-17(25)23(19(29)30-15)13(18(26)27)4-6-16(22)24/h1-3,5,7-8,13H,4,6H2,(H2,22,24)(H,26,27)/b15-8+. The van der Waals surface area contributed by atoms with Crippen LogP contribution in [0.1, 0.15) is 18.6 Å². The van der Waals surface area contributed by atoms with Crippen LogP contribution in [0.15, 0.2) is 39.7 Å². The number of hydrogen-bond acceptors (Lipinski definition) is 6. The fourth-order valence-corrected chi connectivity index (χ4v) is 4.50. The number of rotatable bonds is 7. The van der Waals surface area contributed by atoms with E-state index in [2.05, 4.69) is 0 Å². The van der Waals surface area contributed by atoms with Crippen molar-refractivity contribution in [2.45, 2.75) is 18.9 Å². The maximum atomic E-state index is 12.8. The van der Waals surface area contributed by atoms with Crippen LogP contribution in [0.25, 0.3) is 17.4 Å². The third kappa shape index (κ3) is 4.86. The van der Waals surface area contributed by atoms with Crippen molar-refractivity contribution in [1.82, 2.24) is 4.90 Å². The van der Waals surface area contributed by atoms with Gasteiger partial charge in [0.15, 0.2) is 0 Å². The second-order valence-corrected chi connectivity index (χ2v) is 8.76. The lowest BCUT2D eigenvalue weighted by Crippen LogP contribution is -2.44. The van der Waals surface area contributed by atoms with Crippen molar-refractivity contribution in [1.29, 1.82) is 0 Å². The molecule has 1 aliphatic heterocycles. The van der Waals surface area contributed by atoms with Crippen LogP contribution in [0.3, 0.4) is 0 Å². The number of benzene rings is 1. The lowest BCUT2D eigenvalue weighted by molar-refractivity contribution is -0.145. The van der Waals surface area contributed by atoms with E-state index in [9.17, 15) is 19.5 Å². The summed E-state index contributed by atoms with van der Waals surface area (Å²) in [6, 6.07) is 6.98. The third-order valence-electron chi connectivity index (χ3n) is 4.18. The predicted octanol–water partition coefficient (Wildman–Crippen LogP) is 4.17. The molecule has 2 amide bonds. The fourth-order valence-electron chi connectivity index (χ4n) is 2.78. The van der Waals surface area contributed by atoms with Gasteiger partial charge in [-0.25, -0.2) is 4.79 Å². The first kappa shape index (κ1) is 22.4. The highest BCUT2D eigenvalue weighted by atomic mass is 35.5. The normalized spacial score (nSPS) is 16.3. The molecule has 30 heavy (non-hydrogen) atoms. The van der Waals surface area contributed by atoms with Gasteiger partial charge in [0.05, 0.1) is 9.93 Å². The number of carboxylic acid groups (broad SMARTS) is 1. The molecule has 3 rings (SSSR count). The van der Waals surface area contributed by atoms with Gasteiger partial charge in [-0.15, -0.1) is 0 Å². The van der Waals surface area contributed by atoms with Crippen molar-refractivity contribution in [2.24, 2.45) is 5.73 Å². The van der Waals surface area contributed by atoms with Crippen molar-refractivity contribution < 1.29 is 23.9 Å². The van der Waals surface area contributed by atoms with Crippen LogP contribution in [-0.2, 0) is 14.4 Å². The molecule has 1 unspecified atom stereocenters. The first-order chi connectivity index (χ1) is 14.2. The summed E-state index contributed by atoms with van der Waals surface area (Å²) in [7, 11) is 0. The molecule has 11 heteroatoms. The van der Waals surface area contributed by atoms with E-state index in [0.29, 0.717) is 27.1 Å². The number of nitrogens with zero attached hydrogens (tertiary/aromatic N) is 1. The van der Waals surface area contributed by atoms with Crippen molar-refractivity contribution in [3.8, 4) is 11.3 Å². The minimum Gasteiger partial charge on any atom is -0.480 e. The van der Waals surface area contributed by atoms with Crippen LogP contribution in [0.2, 0.25) is 10.0 Å². The summed E-state index contributed by atoms with van der Waals surface area (Å²) >= 11 is 18.3. The van der Waals surface area contributed by atoms with Crippen LogP contribution in [0.5, 0.6) is 0 Å². The zero-order valence-corrected chi connectivity index (χ0v) is 18.3. The number of hydrogen-bond donors (Lipinski definition) is 2. The predicted molar refractivity (Wildman–Crippen MR) is 119 cm³/mol. The van der Waals surface area contributed by atoms with Gasteiger partial charge in [-0.2, -0.15) is 0 Å². The Kier molecular flexibility index (Phi) is 6.87. The number of aliphatic carboxylic acids is 1. The van der Waals surface area contributed by atoms with Crippen LogP contribution >= 0.6 is 47.2 Å². The van der Waals surface area contributed by atoms with E-state index in [1.54, 1.807) is 30.3 Å². The smallest absolute Gasteiger partial charge is 0.326 e. The Bertz CT molecular complexity index is 1080. The Labute approximate surface area is 190 Å². The molecule has 1 saturated heterocycles. The van der Waals surface area contributed by atoms with Crippen molar-refractivity contribution in [2.75, 3.05) is 0 Å². The van der Waals surface area contributed by atoms with Gasteiger partial charge in [0, 0.05) is 23.1 Å². The van der Waals surface area contributed by atoms with E-state index < -0.39 is 23.8 Å². The first-order valence-corrected chi connectivity index (χ1v) is 10.5. The molecule has 0 bridgehead atoms. The number of thioether (sulfide) groups is 1. The molecule has 2 aromatic rings. The zero-order valence-electron chi connectivity index (χ0n) is 15.1. The molecule has 7 nitrogen and oxygen atoms in total. The second kappa shape index (κ2) is 9.22. The van der Waals surface area contributed by atoms with Gasteiger partial charge in [0.25, 0.3) is 5.91 Å². The van der Waals surface area contributed by atoms with Gasteiger partial charge in [0.1, 0.15) is 21.9 Å². The summed E-state index contributed by atoms with van der Waals surface area (Å²) < 4.78 is 5.83. The molecule has 1 fully saturated rings. The minimum absolute atomic E-state index is 0.0767. The second-order valence-electron chi connectivity index (χ2n) is 6.24. The molecule has 1 aliphatic rings. The molecule has 0 saturated carbocycles. The number of carbonyl (C=O) groups excluding carboxylic acids is 2. The van der Waals surface area contributed by atoms with E-state index in [1.807, 2.05) is 0 Å². The summed E-state index contributed by atoms with van der Waals surface area (Å²) in [6.45, 7) is 0. The van der Waals surface area contributed by atoms with Gasteiger partial charge in [-0.1, -0.05) is 47.2 Å². The molecule has 0 spiro atoms.